The summed E-state index contributed by atoms with van der Waals surface area (Å²) in [4.78, 5) is 17.7. The van der Waals surface area contributed by atoms with Gasteiger partial charge >= 0.3 is 0 Å². The summed E-state index contributed by atoms with van der Waals surface area (Å²) in [5.74, 6) is -0.0934. The Labute approximate surface area is 140 Å². The summed E-state index contributed by atoms with van der Waals surface area (Å²) in [6.45, 7) is 1.57. The molecule has 23 heavy (non-hydrogen) atoms. The van der Waals surface area contributed by atoms with Crippen molar-refractivity contribution < 1.29 is 9.18 Å². The van der Waals surface area contributed by atoms with Crippen LogP contribution in [0.2, 0.25) is 0 Å². The monoisotopic (exact) mass is 332 g/mol. The second-order valence-electron chi connectivity index (χ2n) is 6.02. The molecule has 0 N–H and O–H groups in total. The number of hydrogen-bond donors (Lipinski definition) is 0. The van der Waals surface area contributed by atoms with Crippen LogP contribution < -0.4 is 0 Å². The normalized spacial score (nSPS) is 17.9. The predicted molar refractivity (Wildman–Crippen MR) is 90.7 cm³/mol. The van der Waals surface area contributed by atoms with E-state index < -0.39 is 0 Å². The van der Waals surface area contributed by atoms with E-state index in [1.807, 2.05) is 29.0 Å². The molecule has 0 aliphatic carbocycles. The quantitative estimate of drug-likeness (QED) is 0.834. The van der Waals surface area contributed by atoms with E-state index in [9.17, 15) is 9.18 Å². The maximum atomic E-state index is 13.7. The average Bonchev–Trinajstić information content (AvgIpc) is 3.20. The fraction of sp³-hybridized carbons (Fsp3) is 0.389. The van der Waals surface area contributed by atoms with E-state index in [0.717, 1.165) is 19.4 Å². The van der Waals surface area contributed by atoms with Gasteiger partial charge in [-0.15, -0.1) is 11.3 Å². The van der Waals surface area contributed by atoms with Gasteiger partial charge in [-0.1, -0.05) is 24.3 Å². The fourth-order valence-electron chi connectivity index (χ4n) is 3.14. The zero-order valence-electron chi connectivity index (χ0n) is 13.2. The molecule has 3 rings (SSSR count). The maximum Gasteiger partial charge on any atom is 0.237 e. The first-order chi connectivity index (χ1) is 11.1. The van der Waals surface area contributed by atoms with Crippen LogP contribution in [0.4, 0.5) is 4.39 Å². The van der Waals surface area contributed by atoms with Gasteiger partial charge in [0.05, 0.1) is 12.6 Å². The Bertz CT molecular complexity index is 659. The molecular formula is C18H21FN2OS. The van der Waals surface area contributed by atoms with Crippen molar-refractivity contribution in [2.45, 2.75) is 25.4 Å². The molecule has 1 amide bonds. The Morgan fingerprint density at radius 1 is 1.35 bits per heavy atom. The molecule has 0 radical (unpaired) electrons. The van der Waals surface area contributed by atoms with Crippen LogP contribution in [0.25, 0.3) is 0 Å². The number of amides is 1. The number of hydrogen-bond acceptors (Lipinski definition) is 3. The number of carbonyl (C=O) groups is 1. The standard InChI is InChI=1S/C18H21FN2OS/c1-20(12-14-6-2-3-7-15(14)19)13-18(22)21-10-4-8-16(21)17-9-5-11-23-17/h2-3,5-7,9,11,16H,4,8,10,12-13H2,1H3. The number of likely N-dealkylation sites (tertiary alicyclic amines) is 1. The first-order valence-electron chi connectivity index (χ1n) is 7.90. The topological polar surface area (TPSA) is 23.6 Å². The zero-order chi connectivity index (χ0) is 16.2. The lowest BCUT2D eigenvalue weighted by Crippen LogP contribution is -2.38. The summed E-state index contributed by atoms with van der Waals surface area (Å²) in [7, 11) is 1.86. The molecule has 1 aromatic heterocycles. The summed E-state index contributed by atoms with van der Waals surface area (Å²) in [5, 5.41) is 2.06. The first kappa shape index (κ1) is 16.1. The fourth-order valence-corrected chi connectivity index (χ4v) is 4.01. The van der Waals surface area contributed by atoms with Crippen LogP contribution in [0, 0.1) is 5.82 Å². The molecular weight excluding hydrogens is 311 g/mol. The van der Waals surface area contributed by atoms with Gasteiger partial charge in [0.2, 0.25) is 5.91 Å². The summed E-state index contributed by atoms with van der Waals surface area (Å²) in [6, 6.07) is 11.1. The van der Waals surface area contributed by atoms with Gasteiger partial charge in [-0.25, -0.2) is 4.39 Å². The molecule has 2 heterocycles. The van der Waals surface area contributed by atoms with Crippen molar-refractivity contribution in [2.24, 2.45) is 0 Å². The van der Waals surface area contributed by atoms with Gasteiger partial charge < -0.3 is 4.90 Å². The lowest BCUT2D eigenvalue weighted by Gasteiger charge is -2.26. The largest absolute Gasteiger partial charge is 0.334 e. The lowest BCUT2D eigenvalue weighted by atomic mass is 10.2. The number of nitrogens with zero attached hydrogens (tertiary/aromatic N) is 2. The van der Waals surface area contributed by atoms with Gasteiger partial charge in [-0.3, -0.25) is 9.69 Å². The number of thiophene rings is 1. The van der Waals surface area contributed by atoms with Crippen molar-refractivity contribution in [1.82, 2.24) is 9.80 Å². The second kappa shape index (κ2) is 7.23. The summed E-state index contributed by atoms with van der Waals surface area (Å²) in [5.41, 5.74) is 0.624. The Morgan fingerprint density at radius 3 is 2.91 bits per heavy atom. The van der Waals surface area contributed by atoms with E-state index in [0.29, 0.717) is 18.7 Å². The van der Waals surface area contributed by atoms with Gasteiger partial charge in [-0.2, -0.15) is 0 Å². The summed E-state index contributed by atoms with van der Waals surface area (Å²) >= 11 is 1.71. The van der Waals surface area contributed by atoms with Gasteiger partial charge in [0, 0.05) is 23.5 Å². The first-order valence-corrected chi connectivity index (χ1v) is 8.78. The zero-order valence-corrected chi connectivity index (χ0v) is 14.1. The number of halogens is 1. The second-order valence-corrected chi connectivity index (χ2v) is 7.00. The van der Waals surface area contributed by atoms with Crippen molar-refractivity contribution in [3.63, 3.8) is 0 Å². The highest BCUT2D eigenvalue weighted by atomic mass is 32.1. The molecule has 0 saturated carbocycles. The third kappa shape index (κ3) is 3.79. The number of rotatable bonds is 5. The minimum atomic E-state index is -0.218. The van der Waals surface area contributed by atoms with E-state index in [1.165, 1.54) is 10.9 Å². The van der Waals surface area contributed by atoms with Crippen LogP contribution in [0.15, 0.2) is 41.8 Å². The molecule has 1 fully saturated rings. The van der Waals surface area contributed by atoms with E-state index in [2.05, 4.69) is 11.4 Å². The SMILES string of the molecule is CN(CC(=O)N1CCCC1c1cccs1)Cc1ccccc1F. The average molecular weight is 332 g/mol. The van der Waals surface area contributed by atoms with Crippen LogP contribution >= 0.6 is 11.3 Å². The molecule has 1 atom stereocenters. The highest BCUT2D eigenvalue weighted by Gasteiger charge is 2.30. The molecule has 122 valence electrons. The number of carbonyl (C=O) groups excluding carboxylic acids is 1. The molecule has 1 aliphatic rings. The summed E-state index contributed by atoms with van der Waals surface area (Å²) in [6.07, 6.45) is 2.08. The minimum absolute atomic E-state index is 0.125. The Morgan fingerprint density at radius 2 is 2.17 bits per heavy atom. The predicted octanol–water partition coefficient (Wildman–Crippen LogP) is 3.68. The Balaban J connectivity index is 1.61. The third-order valence-corrected chi connectivity index (χ3v) is 5.22. The molecule has 2 aromatic rings. The highest BCUT2D eigenvalue weighted by Crippen LogP contribution is 2.34. The molecule has 1 unspecified atom stereocenters. The summed E-state index contributed by atoms with van der Waals surface area (Å²) < 4.78 is 13.7. The minimum Gasteiger partial charge on any atom is -0.334 e. The van der Waals surface area contributed by atoms with Gasteiger partial charge in [0.15, 0.2) is 0 Å². The van der Waals surface area contributed by atoms with Crippen LogP contribution in [0.3, 0.4) is 0 Å². The van der Waals surface area contributed by atoms with Crippen molar-refractivity contribution in [3.8, 4) is 0 Å². The van der Waals surface area contributed by atoms with Gasteiger partial charge in [0.1, 0.15) is 5.82 Å². The van der Waals surface area contributed by atoms with Gasteiger partial charge in [0.25, 0.3) is 0 Å². The Kier molecular flexibility index (Phi) is 5.08. The molecule has 1 aliphatic heterocycles. The Hall–Kier alpha value is -1.72. The highest BCUT2D eigenvalue weighted by molar-refractivity contribution is 7.10. The molecule has 1 saturated heterocycles. The van der Waals surface area contributed by atoms with Crippen molar-refractivity contribution >= 4 is 17.2 Å². The lowest BCUT2D eigenvalue weighted by molar-refractivity contribution is -0.133. The van der Waals surface area contributed by atoms with Gasteiger partial charge in [-0.05, 0) is 37.4 Å². The van der Waals surface area contributed by atoms with Crippen LogP contribution in [-0.4, -0.2) is 35.8 Å². The third-order valence-electron chi connectivity index (χ3n) is 4.25. The van der Waals surface area contributed by atoms with Crippen LogP contribution in [-0.2, 0) is 11.3 Å². The van der Waals surface area contributed by atoms with Crippen LogP contribution in [0.5, 0.6) is 0 Å². The molecule has 5 heteroatoms. The van der Waals surface area contributed by atoms with Crippen molar-refractivity contribution in [2.75, 3.05) is 20.1 Å². The van der Waals surface area contributed by atoms with Crippen molar-refractivity contribution in [1.29, 1.82) is 0 Å². The van der Waals surface area contributed by atoms with E-state index in [-0.39, 0.29) is 17.8 Å². The number of likely N-dealkylation sites (N-methyl/N-ethyl adjacent to an activating group) is 1. The molecule has 0 bridgehead atoms. The smallest absolute Gasteiger partial charge is 0.237 e. The van der Waals surface area contributed by atoms with E-state index in [1.54, 1.807) is 23.5 Å². The number of benzene rings is 1. The molecule has 1 aromatic carbocycles. The van der Waals surface area contributed by atoms with Crippen LogP contribution in [0.1, 0.15) is 29.3 Å². The maximum absolute atomic E-state index is 13.7. The molecule has 0 spiro atoms. The van der Waals surface area contributed by atoms with Crippen molar-refractivity contribution in [3.05, 3.63) is 58.0 Å². The van der Waals surface area contributed by atoms with E-state index in [4.69, 9.17) is 0 Å². The molecule has 3 nitrogen and oxygen atoms in total. The van der Waals surface area contributed by atoms with E-state index >= 15 is 0 Å².